The number of halogens is 3. The van der Waals surface area contributed by atoms with Crippen LogP contribution in [0.3, 0.4) is 0 Å². The fourth-order valence-electron chi connectivity index (χ4n) is 1.33. The van der Waals surface area contributed by atoms with Gasteiger partial charge in [0.05, 0.1) is 11.1 Å². The second-order valence-electron chi connectivity index (χ2n) is 3.61. The molecule has 1 aromatic rings. The van der Waals surface area contributed by atoms with Crippen molar-refractivity contribution in [3.05, 3.63) is 35.4 Å². The summed E-state index contributed by atoms with van der Waals surface area (Å²) in [5.74, 6) is -2.19. The van der Waals surface area contributed by atoms with Gasteiger partial charge in [-0.2, -0.15) is 0 Å². The average molecular weight is 269 g/mol. The third-order valence-electron chi connectivity index (χ3n) is 1.96. The third kappa shape index (κ3) is 4.06. The van der Waals surface area contributed by atoms with Crippen LogP contribution in [-0.2, 0) is 16.3 Å². The van der Waals surface area contributed by atoms with E-state index in [1.54, 1.807) is 0 Å². The first-order valence-electron chi connectivity index (χ1n) is 4.54. The molecule has 1 atom stereocenters. The van der Waals surface area contributed by atoms with Crippen molar-refractivity contribution >= 4 is 21.4 Å². The molecule has 0 N–H and O–H groups in total. The molecule has 0 heterocycles. The summed E-state index contributed by atoms with van der Waals surface area (Å²) >= 11 is 5.76. The Morgan fingerprint density at radius 1 is 1.38 bits per heavy atom. The molecule has 2 nitrogen and oxygen atoms in total. The smallest absolute Gasteiger partial charge is 0.162 e. The molecule has 1 aromatic carbocycles. The molecule has 1 rings (SSSR count). The SMILES string of the molecule is CS(=O)(=O)CC(Cl)Cc1cccc(F)c1F. The maximum absolute atomic E-state index is 13.2. The van der Waals surface area contributed by atoms with Gasteiger partial charge in [0.25, 0.3) is 0 Å². The van der Waals surface area contributed by atoms with Gasteiger partial charge < -0.3 is 0 Å². The maximum atomic E-state index is 13.2. The summed E-state index contributed by atoms with van der Waals surface area (Å²) in [5, 5.41) is -0.758. The summed E-state index contributed by atoms with van der Waals surface area (Å²) < 4.78 is 47.9. The fraction of sp³-hybridized carbons (Fsp3) is 0.400. The molecule has 16 heavy (non-hydrogen) atoms. The number of sulfone groups is 1. The van der Waals surface area contributed by atoms with E-state index < -0.39 is 26.8 Å². The van der Waals surface area contributed by atoms with Crippen LogP contribution in [0.25, 0.3) is 0 Å². The Morgan fingerprint density at radius 2 is 2.00 bits per heavy atom. The zero-order valence-electron chi connectivity index (χ0n) is 8.58. The molecule has 90 valence electrons. The normalized spacial score (nSPS) is 13.8. The second-order valence-corrected chi connectivity index (χ2v) is 6.41. The Kier molecular flexibility index (Phi) is 4.27. The first kappa shape index (κ1) is 13.4. The highest BCUT2D eigenvalue weighted by molar-refractivity contribution is 7.90. The monoisotopic (exact) mass is 268 g/mol. The van der Waals surface area contributed by atoms with Crippen LogP contribution in [-0.4, -0.2) is 25.8 Å². The second kappa shape index (κ2) is 5.10. The van der Waals surface area contributed by atoms with Crippen LogP contribution < -0.4 is 0 Å². The van der Waals surface area contributed by atoms with Gasteiger partial charge in [0.15, 0.2) is 11.6 Å². The zero-order valence-corrected chi connectivity index (χ0v) is 10.2. The number of rotatable bonds is 4. The Hall–Kier alpha value is -0.680. The summed E-state index contributed by atoms with van der Waals surface area (Å²) in [6.45, 7) is 0. The van der Waals surface area contributed by atoms with Crippen molar-refractivity contribution < 1.29 is 17.2 Å². The first-order valence-corrected chi connectivity index (χ1v) is 7.04. The number of hydrogen-bond acceptors (Lipinski definition) is 2. The Balaban J connectivity index is 2.77. The molecule has 0 spiro atoms. The predicted molar refractivity (Wildman–Crippen MR) is 59.4 cm³/mol. The van der Waals surface area contributed by atoms with Gasteiger partial charge in [-0.05, 0) is 18.1 Å². The Labute approximate surface area is 98.2 Å². The summed E-state index contributed by atoms with van der Waals surface area (Å²) in [6.07, 6.45) is 1.03. The van der Waals surface area contributed by atoms with Gasteiger partial charge in [-0.15, -0.1) is 11.6 Å². The van der Waals surface area contributed by atoms with E-state index in [1.807, 2.05) is 0 Å². The first-order chi connectivity index (χ1) is 7.29. The van der Waals surface area contributed by atoms with E-state index in [2.05, 4.69) is 0 Å². The van der Waals surface area contributed by atoms with E-state index in [1.165, 1.54) is 12.1 Å². The van der Waals surface area contributed by atoms with Gasteiger partial charge in [-0.25, -0.2) is 17.2 Å². The van der Waals surface area contributed by atoms with E-state index in [9.17, 15) is 17.2 Å². The van der Waals surface area contributed by atoms with Crippen molar-refractivity contribution in [2.24, 2.45) is 0 Å². The summed E-state index contributed by atoms with van der Waals surface area (Å²) in [7, 11) is -3.21. The number of benzene rings is 1. The molecule has 0 radical (unpaired) electrons. The molecule has 6 heteroatoms. The van der Waals surface area contributed by atoms with E-state index in [0.717, 1.165) is 12.3 Å². The van der Waals surface area contributed by atoms with Crippen molar-refractivity contribution in [2.75, 3.05) is 12.0 Å². The van der Waals surface area contributed by atoms with Gasteiger partial charge in [0, 0.05) is 6.26 Å². The molecule has 0 amide bonds. The molecule has 0 fully saturated rings. The number of hydrogen-bond donors (Lipinski definition) is 0. The van der Waals surface area contributed by atoms with Crippen LogP contribution in [0.1, 0.15) is 5.56 Å². The lowest BCUT2D eigenvalue weighted by atomic mass is 10.1. The molecule has 0 saturated carbocycles. The standard InChI is InChI=1S/C10H11ClF2O2S/c1-16(14,15)6-8(11)5-7-3-2-4-9(12)10(7)13/h2-4,8H,5-6H2,1H3. The van der Waals surface area contributed by atoms with Crippen molar-refractivity contribution in [1.29, 1.82) is 0 Å². The lowest BCUT2D eigenvalue weighted by Crippen LogP contribution is -2.17. The molecular weight excluding hydrogens is 258 g/mol. The van der Waals surface area contributed by atoms with Crippen LogP contribution >= 0.6 is 11.6 Å². The molecule has 0 saturated heterocycles. The van der Waals surface area contributed by atoms with Gasteiger partial charge in [-0.3, -0.25) is 0 Å². The Morgan fingerprint density at radius 3 is 2.56 bits per heavy atom. The topological polar surface area (TPSA) is 34.1 Å². The predicted octanol–water partition coefficient (Wildman–Crippen LogP) is 2.16. The van der Waals surface area contributed by atoms with Gasteiger partial charge >= 0.3 is 0 Å². The van der Waals surface area contributed by atoms with E-state index in [-0.39, 0.29) is 17.7 Å². The lowest BCUT2D eigenvalue weighted by Gasteiger charge is -2.09. The van der Waals surface area contributed by atoms with Crippen LogP contribution in [0, 0.1) is 11.6 Å². The van der Waals surface area contributed by atoms with Crippen LogP contribution in [0.4, 0.5) is 8.78 Å². The van der Waals surface area contributed by atoms with Crippen molar-refractivity contribution in [3.63, 3.8) is 0 Å². The van der Waals surface area contributed by atoms with Crippen LogP contribution in [0.2, 0.25) is 0 Å². The third-order valence-corrected chi connectivity index (χ3v) is 3.46. The van der Waals surface area contributed by atoms with Crippen molar-refractivity contribution in [3.8, 4) is 0 Å². The average Bonchev–Trinajstić information content (AvgIpc) is 2.09. The van der Waals surface area contributed by atoms with Crippen molar-refractivity contribution in [1.82, 2.24) is 0 Å². The highest BCUT2D eigenvalue weighted by Gasteiger charge is 2.16. The molecule has 0 aliphatic heterocycles. The molecule has 0 bridgehead atoms. The molecule has 0 aliphatic rings. The molecule has 0 aromatic heterocycles. The molecular formula is C10H11ClF2O2S. The van der Waals surface area contributed by atoms with Gasteiger partial charge in [0.2, 0.25) is 0 Å². The van der Waals surface area contributed by atoms with Crippen LogP contribution in [0.15, 0.2) is 18.2 Å². The van der Waals surface area contributed by atoms with E-state index in [4.69, 9.17) is 11.6 Å². The molecule has 1 unspecified atom stereocenters. The van der Waals surface area contributed by atoms with Crippen molar-refractivity contribution in [2.45, 2.75) is 11.8 Å². The summed E-state index contributed by atoms with van der Waals surface area (Å²) in [4.78, 5) is 0. The summed E-state index contributed by atoms with van der Waals surface area (Å²) in [6, 6.07) is 3.74. The molecule has 0 aliphatic carbocycles. The minimum absolute atomic E-state index is 0.0157. The fourth-order valence-corrected chi connectivity index (χ4v) is 2.96. The van der Waals surface area contributed by atoms with E-state index in [0.29, 0.717) is 0 Å². The number of alkyl halides is 1. The van der Waals surface area contributed by atoms with Gasteiger partial charge in [0.1, 0.15) is 9.84 Å². The van der Waals surface area contributed by atoms with Crippen LogP contribution in [0.5, 0.6) is 0 Å². The Bertz CT molecular complexity index is 474. The minimum Gasteiger partial charge on any atom is -0.229 e. The largest absolute Gasteiger partial charge is 0.229 e. The quantitative estimate of drug-likeness (QED) is 0.784. The minimum atomic E-state index is -3.21. The lowest BCUT2D eigenvalue weighted by molar-refractivity contribution is 0.498. The zero-order chi connectivity index (χ0) is 12.3. The maximum Gasteiger partial charge on any atom is 0.162 e. The van der Waals surface area contributed by atoms with E-state index >= 15 is 0 Å². The summed E-state index contributed by atoms with van der Waals surface area (Å²) in [5.41, 5.74) is 0.0867. The highest BCUT2D eigenvalue weighted by atomic mass is 35.5. The van der Waals surface area contributed by atoms with Gasteiger partial charge in [-0.1, -0.05) is 12.1 Å². The highest BCUT2D eigenvalue weighted by Crippen LogP contribution is 2.16.